The van der Waals surface area contributed by atoms with Gasteiger partial charge in [0.1, 0.15) is 11.6 Å². The second-order valence-corrected chi connectivity index (χ2v) is 6.83. The molecule has 1 aliphatic rings. The zero-order valence-corrected chi connectivity index (χ0v) is 16.1. The quantitative estimate of drug-likeness (QED) is 0.657. The van der Waals surface area contributed by atoms with Crippen molar-refractivity contribution in [3.8, 4) is 5.75 Å². The van der Waals surface area contributed by atoms with E-state index in [2.05, 4.69) is 37.9 Å². The third-order valence-corrected chi connectivity index (χ3v) is 4.81. The first-order chi connectivity index (χ1) is 12.6. The molecule has 3 rings (SSSR count). The first-order valence-corrected chi connectivity index (χ1v) is 9.39. The molecule has 0 fully saturated rings. The van der Waals surface area contributed by atoms with Crippen LogP contribution in [0.5, 0.6) is 5.75 Å². The van der Waals surface area contributed by atoms with Crippen molar-refractivity contribution >= 4 is 33.3 Å². The van der Waals surface area contributed by atoms with E-state index in [0.717, 1.165) is 30.6 Å². The van der Waals surface area contributed by atoms with Crippen LogP contribution in [0.15, 0.2) is 34.8 Å². The number of fused-ring (bicyclic) bond motifs is 1. The lowest BCUT2D eigenvalue weighted by atomic mass is 9.97. The van der Waals surface area contributed by atoms with Gasteiger partial charge in [-0.15, -0.1) is 0 Å². The van der Waals surface area contributed by atoms with Gasteiger partial charge in [-0.1, -0.05) is 12.1 Å². The average Bonchev–Trinajstić information content (AvgIpc) is 2.64. The highest BCUT2D eigenvalue weighted by atomic mass is 79.9. The van der Waals surface area contributed by atoms with E-state index in [-0.39, 0.29) is 4.47 Å². The maximum atomic E-state index is 13.8. The van der Waals surface area contributed by atoms with Crippen LogP contribution in [-0.2, 0) is 13.0 Å². The number of amides is 2. The fourth-order valence-electron chi connectivity index (χ4n) is 2.99. The summed E-state index contributed by atoms with van der Waals surface area (Å²) in [6, 6.07) is 8.38. The SMILES string of the molecule is CCOc1cc(Br)c(F)cc1NC(=O)NCc1cccc2c1CCCN2. The summed E-state index contributed by atoms with van der Waals surface area (Å²) in [4.78, 5) is 12.3. The van der Waals surface area contributed by atoms with E-state index in [9.17, 15) is 9.18 Å². The van der Waals surface area contributed by atoms with E-state index < -0.39 is 11.8 Å². The van der Waals surface area contributed by atoms with E-state index in [1.165, 1.54) is 17.7 Å². The first kappa shape index (κ1) is 18.5. The minimum Gasteiger partial charge on any atom is -0.492 e. The van der Waals surface area contributed by atoms with Crippen LogP contribution in [-0.4, -0.2) is 19.2 Å². The molecule has 2 aromatic carbocycles. The van der Waals surface area contributed by atoms with Gasteiger partial charge in [0.25, 0.3) is 0 Å². The first-order valence-electron chi connectivity index (χ1n) is 8.59. The highest BCUT2D eigenvalue weighted by molar-refractivity contribution is 9.10. The molecule has 2 amide bonds. The molecule has 0 radical (unpaired) electrons. The smallest absolute Gasteiger partial charge is 0.319 e. The average molecular weight is 422 g/mol. The molecular formula is C19H21BrFN3O2. The Hall–Kier alpha value is -2.28. The number of hydrogen-bond donors (Lipinski definition) is 3. The van der Waals surface area contributed by atoms with E-state index in [4.69, 9.17) is 4.74 Å². The van der Waals surface area contributed by atoms with Gasteiger partial charge in [-0.05, 0) is 59.0 Å². The Bertz CT molecular complexity index is 814. The van der Waals surface area contributed by atoms with Gasteiger partial charge in [0, 0.05) is 24.8 Å². The molecule has 0 saturated carbocycles. The molecule has 1 heterocycles. The van der Waals surface area contributed by atoms with Crippen LogP contribution in [0.3, 0.4) is 0 Å². The predicted octanol–water partition coefficient (Wildman–Crippen LogP) is 4.67. The van der Waals surface area contributed by atoms with E-state index >= 15 is 0 Å². The topological polar surface area (TPSA) is 62.4 Å². The summed E-state index contributed by atoms with van der Waals surface area (Å²) < 4.78 is 19.6. The number of benzene rings is 2. The molecule has 0 aromatic heterocycles. The van der Waals surface area contributed by atoms with Crippen LogP contribution >= 0.6 is 15.9 Å². The number of urea groups is 1. The molecule has 0 saturated heterocycles. The second kappa shape index (κ2) is 8.40. The van der Waals surface area contributed by atoms with Crippen molar-refractivity contribution in [1.82, 2.24) is 5.32 Å². The summed E-state index contributed by atoms with van der Waals surface area (Å²) in [5, 5.41) is 8.87. The molecule has 26 heavy (non-hydrogen) atoms. The van der Waals surface area contributed by atoms with Crippen molar-refractivity contribution in [3.63, 3.8) is 0 Å². The molecule has 0 spiro atoms. The minimum absolute atomic E-state index is 0.287. The number of nitrogens with one attached hydrogen (secondary N) is 3. The molecule has 0 aliphatic carbocycles. The summed E-state index contributed by atoms with van der Waals surface area (Å²) in [5.41, 5.74) is 3.74. The van der Waals surface area contributed by atoms with Crippen LogP contribution < -0.4 is 20.7 Å². The van der Waals surface area contributed by atoms with Gasteiger partial charge in [0.15, 0.2) is 0 Å². The van der Waals surface area contributed by atoms with Gasteiger partial charge in [-0.25, -0.2) is 9.18 Å². The highest BCUT2D eigenvalue weighted by Crippen LogP contribution is 2.31. The van der Waals surface area contributed by atoms with E-state index in [0.29, 0.717) is 24.6 Å². The lowest BCUT2D eigenvalue weighted by Gasteiger charge is -2.21. The van der Waals surface area contributed by atoms with Crippen LogP contribution in [0.4, 0.5) is 20.6 Å². The summed E-state index contributed by atoms with van der Waals surface area (Å²) in [6.45, 7) is 3.62. The molecule has 0 atom stereocenters. The molecule has 0 bridgehead atoms. The molecule has 0 unspecified atom stereocenters. The minimum atomic E-state index is -0.466. The Morgan fingerprint density at radius 3 is 3.04 bits per heavy atom. The van der Waals surface area contributed by atoms with Gasteiger partial charge >= 0.3 is 6.03 Å². The summed E-state index contributed by atoms with van der Waals surface area (Å²) in [7, 11) is 0. The fraction of sp³-hybridized carbons (Fsp3) is 0.316. The number of rotatable bonds is 5. The zero-order valence-electron chi connectivity index (χ0n) is 14.5. The number of ether oxygens (including phenoxy) is 1. The van der Waals surface area contributed by atoms with E-state index in [1.807, 2.05) is 19.1 Å². The Labute approximate surface area is 160 Å². The van der Waals surface area contributed by atoms with Crippen molar-refractivity contribution in [2.75, 3.05) is 23.8 Å². The van der Waals surface area contributed by atoms with Gasteiger partial charge in [0.05, 0.1) is 16.8 Å². The van der Waals surface area contributed by atoms with Gasteiger partial charge < -0.3 is 20.7 Å². The van der Waals surface area contributed by atoms with Crippen molar-refractivity contribution in [3.05, 3.63) is 51.7 Å². The van der Waals surface area contributed by atoms with Crippen LogP contribution in [0.25, 0.3) is 0 Å². The maximum absolute atomic E-state index is 13.8. The fourth-order valence-corrected chi connectivity index (χ4v) is 3.31. The summed E-state index contributed by atoms with van der Waals surface area (Å²) >= 11 is 3.12. The molecule has 138 valence electrons. The molecule has 2 aromatic rings. The molecule has 5 nitrogen and oxygen atoms in total. The van der Waals surface area contributed by atoms with Gasteiger partial charge in [-0.3, -0.25) is 0 Å². The maximum Gasteiger partial charge on any atom is 0.319 e. The summed E-state index contributed by atoms with van der Waals surface area (Å²) in [6.07, 6.45) is 2.07. The lowest BCUT2D eigenvalue weighted by Crippen LogP contribution is -2.29. The number of carbonyl (C=O) groups is 1. The summed E-state index contributed by atoms with van der Waals surface area (Å²) in [5.74, 6) is -0.0517. The highest BCUT2D eigenvalue weighted by Gasteiger charge is 2.15. The van der Waals surface area contributed by atoms with Crippen molar-refractivity contribution < 1.29 is 13.9 Å². The third kappa shape index (κ3) is 4.27. The molecular weight excluding hydrogens is 401 g/mol. The number of carbonyl (C=O) groups excluding carboxylic acids is 1. The van der Waals surface area contributed by atoms with Crippen LogP contribution in [0.1, 0.15) is 24.5 Å². The second-order valence-electron chi connectivity index (χ2n) is 5.98. The zero-order chi connectivity index (χ0) is 18.5. The van der Waals surface area contributed by atoms with Crippen molar-refractivity contribution in [2.24, 2.45) is 0 Å². The predicted molar refractivity (Wildman–Crippen MR) is 104 cm³/mol. The molecule has 7 heteroatoms. The van der Waals surface area contributed by atoms with Crippen LogP contribution in [0.2, 0.25) is 0 Å². The standard InChI is InChI=1S/C19H21BrFN3O2/c1-2-26-18-9-14(20)15(21)10-17(18)24-19(25)23-11-12-5-3-7-16-13(12)6-4-8-22-16/h3,5,7,9-10,22H,2,4,6,8,11H2,1H3,(H2,23,24,25). The third-order valence-electron chi connectivity index (χ3n) is 4.20. The largest absolute Gasteiger partial charge is 0.492 e. The van der Waals surface area contributed by atoms with Crippen LogP contribution in [0, 0.1) is 5.82 Å². The molecule has 1 aliphatic heterocycles. The monoisotopic (exact) mass is 421 g/mol. The normalized spacial score (nSPS) is 12.7. The van der Waals surface area contributed by atoms with E-state index in [1.54, 1.807) is 0 Å². The number of anilines is 2. The van der Waals surface area contributed by atoms with Gasteiger partial charge in [0.2, 0.25) is 0 Å². The Morgan fingerprint density at radius 1 is 1.38 bits per heavy atom. The Kier molecular flexibility index (Phi) is 5.98. The number of halogens is 2. The number of hydrogen-bond acceptors (Lipinski definition) is 3. The Balaban J connectivity index is 1.68. The van der Waals surface area contributed by atoms with Crippen molar-refractivity contribution in [2.45, 2.75) is 26.3 Å². The molecule has 3 N–H and O–H groups in total. The van der Waals surface area contributed by atoms with Crippen molar-refractivity contribution in [1.29, 1.82) is 0 Å². The lowest BCUT2D eigenvalue weighted by molar-refractivity contribution is 0.251. The Morgan fingerprint density at radius 2 is 2.23 bits per heavy atom. The van der Waals surface area contributed by atoms with Gasteiger partial charge in [-0.2, -0.15) is 0 Å².